The van der Waals surface area contributed by atoms with Crippen molar-refractivity contribution in [1.82, 2.24) is 0 Å². The fourth-order valence-corrected chi connectivity index (χ4v) is 1.92. The number of nitrogens with one attached hydrogen (secondary N) is 1. The molecule has 0 aliphatic carbocycles. The SMILES string of the molecule is O=C1CN(I)c2ccccc2N1. The van der Waals surface area contributed by atoms with Crippen molar-refractivity contribution in [2.45, 2.75) is 0 Å². The highest BCUT2D eigenvalue weighted by atomic mass is 127. The van der Waals surface area contributed by atoms with E-state index >= 15 is 0 Å². The van der Waals surface area contributed by atoms with E-state index in [0.29, 0.717) is 6.54 Å². The average molecular weight is 274 g/mol. The predicted molar refractivity (Wildman–Crippen MR) is 56.4 cm³/mol. The zero-order valence-corrected chi connectivity index (χ0v) is 8.41. The molecule has 3 nitrogen and oxygen atoms in total. The Bertz CT molecular complexity index is 327. The maximum Gasteiger partial charge on any atom is 0.244 e. The highest BCUT2D eigenvalue weighted by molar-refractivity contribution is 14.1. The van der Waals surface area contributed by atoms with Crippen molar-refractivity contribution in [3.8, 4) is 0 Å². The normalized spacial score (nSPS) is 15.4. The van der Waals surface area contributed by atoms with Crippen molar-refractivity contribution in [1.29, 1.82) is 0 Å². The van der Waals surface area contributed by atoms with E-state index in [0.717, 1.165) is 11.4 Å². The standard InChI is InChI=1S/C8H7IN2O/c9-11-5-8(12)10-6-3-1-2-4-7(6)11/h1-4H,5H2,(H,10,12). The van der Waals surface area contributed by atoms with Gasteiger partial charge in [0.15, 0.2) is 0 Å². The minimum atomic E-state index is 0.0445. The smallest absolute Gasteiger partial charge is 0.244 e. The third-order valence-corrected chi connectivity index (χ3v) is 2.58. The highest BCUT2D eigenvalue weighted by Crippen LogP contribution is 2.30. The van der Waals surface area contributed by atoms with Gasteiger partial charge in [-0.3, -0.25) is 4.79 Å². The van der Waals surface area contributed by atoms with Crippen LogP contribution in [0.4, 0.5) is 11.4 Å². The quantitative estimate of drug-likeness (QED) is 0.578. The number of para-hydroxylation sites is 2. The van der Waals surface area contributed by atoms with Gasteiger partial charge in [0.2, 0.25) is 5.91 Å². The molecule has 0 aromatic heterocycles. The summed E-state index contributed by atoms with van der Waals surface area (Å²) in [6, 6.07) is 7.76. The maximum atomic E-state index is 11.1. The summed E-state index contributed by atoms with van der Waals surface area (Å²) in [5.41, 5.74) is 1.96. The molecule has 1 aliphatic rings. The number of carbonyl (C=O) groups is 1. The molecule has 62 valence electrons. The molecule has 0 radical (unpaired) electrons. The number of rotatable bonds is 0. The monoisotopic (exact) mass is 274 g/mol. The van der Waals surface area contributed by atoms with Crippen LogP contribution in [-0.2, 0) is 4.79 Å². The van der Waals surface area contributed by atoms with Gasteiger partial charge in [0.05, 0.1) is 34.2 Å². The molecule has 1 aliphatic heterocycles. The Labute approximate surface area is 84.2 Å². The minimum Gasteiger partial charge on any atom is -0.323 e. The number of nitrogens with zero attached hydrogens (tertiary/aromatic N) is 1. The van der Waals surface area contributed by atoms with Crippen LogP contribution in [0.25, 0.3) is 0 Å². The zero-order valence-electron chi connectivity index (χ0n) is 6.25. The van der Waals surface area contributed by atoms with E-state index in [2.05, 4.69) is 28.2 Å². The third kappa shape index (κ3) is 1.26. The molecule has 1 amide bonds. The van der Waals surface area contributed by atoms with Crippen LogP contribution in [0, 0.1) is 0 Å². The number of halogens is 1. The summed E-state index contributed by atoms with van der Waals surface area (Å²) in [5.74, 6) is 0.0445. The van der Waals surface area contributed by atoms with E-state index in [1.54, 1.807) is 0 Å². The zero-order chi connectivity index (χ0) is 8.55. The summed E-state index contributed by atoms with van der Waals surface area (Å²) in [6.45, 7) is 0.428. The molecule has 0 saturated carbocycles. The van der Waals surface area contributed by atoms with Gasteiger partial charge in [-0.15, -0.1) is 0 Å². The van der Waals surface area contributed by atoms with Crippen LogP contribution in [0.1, 0.15) is 0 Å². The second kappa shape index (κ2) is 2.93. The molecule has 12 heavy (non-hydrogen) atoms. The van der Waals surface area contributed by atoms with Gasteiger partial charge in [0, 0.05) is 0 Å². The molecule has 1 N–H and O–H groups in total. The van der Waals surface area contributed by atoms with Gasteiger partial charge >= 0.3 is 0 Å². The Balaban J connectivity index is 2.47. The average Bonchev–Trinajstić information content (AvgIpc) is 2.04. The predicted octanol–water partition coefficient (Wildman–Crippen LogP) is 1.80. The molecule has 0 atom stereocenters. The number of carbonyl (C=O) groups excluding carboxylic acids is 1. The van der Waals surface area contributed by atoms with Crippen LogP contribution in [0.2, 0.25) is 0 Å². The summed E-state index contributed by atoms with van der Waals surface area (Å²) >= 11 is 2.14. The first-order valence-corrected chi connectivity index (χ1v) is 4.56. The Morgan fingerprint density at radius 1 is 1.42 bits per heavy atom. The Hall–Kier alpha value is -0.780. The summed E-state index contributed by atoms with van der Waals surface area (Å²) in [6.07, 6.45) is 0. The number of hydrogen-bond donors (Lipinski definition) is 1. The van der Waals surface area contributed by atoms with Crippen LogP contribution in [0.5, 0.6) is 0 Å². The van der Waals surface area contributed by atoms with E-state index in [-0.39, 0.29) is 5.91 Å². The van der Waals surface area contributed by atoms with E-state index in [4.69, 9.17) is 0 Å². The fourth-order valence-electron chi connectivity index (χ4n) is 1.19. The summed E-state index contributed by atoms with van der Waals surface area (Å²) in [5, 5.41) is 2.80. The lowest BCUT2D eigenvalue weighted by Crippen LogP contribution is -2.31. The highest BCUT2D eigenvalue weighted by Gasteiger charge is 2.18. The second-order valence-corrected chi connectivity index (χ2v) is 3.75. The molecule has 1 aromatic carbocycles. The van der Waals surface area contributed by atoms with Gasteiger partial charge in [-0.05, 0) is 12.1 Å². The van der Waals surface area contributed by atoms with E-state index < -0.39 is 0 Å². The van der Waals surface area contributed by atoms with E-state index in [1.165, 1.54) is 0 Å². The van der Waals surface area contributed by atoms with E-state index in [1.807, 2.05) is 27.4 Å². The number of anilines is 2. The molecule has 4 heteroatoms. The van der Waals surface area contributed by atoms with Crippen molar-refractivity contribution in [3.05, 3.63) is 24.3 Å². The first-order valence-electron chi connectivity index (χ1n) is 3.59. The van der Waals surface area contributed by atoms with Crippen LogP contribution in [-0.4, -0.2) is 12.5 Å². The summed E-state index contributed by atoms with van der Waals surface area (Å²) < 4.78 is 1.91. The van der Waals surface area contributed by atoms with Crippen molar-refractivity contribution in [3.63, 3.8) is 0 Å². The number of fused-ring (bicyclic) bond motifs is 1. The second-order valence-electron chi connectivity index (χ2n) is 2.59. The molecule has 0 bridgehead atoms. The molecule has 0 spiro atoms. The van der Waals surface area contributed by atoms with Gasteiger partial charge in [-0.2, -0.15) is 0 Å². The Morgan fingerprint density at radius 2 is 2.17 bits per heavy atom. The molecular formula is C8H7IN2O. The first kappa shape index (κ1) is 7.85. The fraction of sp³-hybridized carbons (Fsp3) is 0.125. The molecule has 0 fully saturated rings. The van der Waals surface area contributed by atoms with Crippen LogP contribution in [0.3, 0.4) is 0 Å². The molecule has 0 saturated heterocycles. The van der Waals surface area contributed by atoms with Crippen molar-refractivity contribution in [2.75, 3.05) is 15.0 Å². The largest absolute Gasteiger partial charge is 0.323 e. The van der Waals surface area contributed by atoms with Crippen molar-refractivity contribution < 1.29 is 4.79 Å². The topological polar surface area (TPSA) is 32.3 Å². The number of hydrogen-bond acceptors (Lipinski definition) is 2. The summed E-state index contributed by atoms with van der Waals surface area (Å²) in [7, 11) is 0. The van der Waals surface area contributed by atoms with Crippen LogP contribution >= 0.6 is 22.9 Å². The Morgan fingerprint density at radius 3 is 3.00 bits per heavy atom. The first-order chi connectivity index (χ1) is 5.77. The lowest BCUT2D eigenvalue weighted by Gasteiger charge is -2.24. The van der Waals surface area contributed by atoms with Gasteiger partial charge in [0.1, 0.15) is 6.54 Å². The molecule has 1 heterocycles. The van der Waals surface area contributed by atoms with Gasteiger partial charge in [-0.25, -0.2) is 0 Å². The third-order valence-electron chi connectivity index (χ3n) is 1.72. The lowest BCUT2D eigenvalue weighted by atomic mass is 10.2. The van der Waals surface area contributed by atoms with Gasteiger partial charge in [-0.1, -0.05) is 12.1 Å². The Kier molecular flexibility index (Phi) is 1.92. The molecule has 0 unspecified atom stereocenters. The van der Waals surface area contributed by atoms with Crippen LogP contribution < -0.4 is 8.43 Å². The summed E-state index contributed by atoms with van der Waals surface area (Å²) in [4.78, 5) is 11.1. The molecule has 2 rings (SSSR count). The minimum absolute atomic E-state index is 0.0445. The van der Waals surface area contributed by atoms with Crippen molar-refractivity contribution in [2.24, 2.45) is 0 Å². The lowest BCUT2D eigenvalue weighted by molar-refractivity contribution is -0.114. The number of benzene rings is 1. The van der Waals surface area contributed by atoms with Gasteiger partial charge < -0.3 is 8.43 Å². The van der Waals surface area contributed by atoms with Gasteiger partial charge in [0.25, 0.3) is 0 Å². The van der Waals surface area contributed by atoms with Crippen LogP contribution in [0.15, 0.2) is 24.3 Å². The molecule has 1 aromatic rings. The van der Waals surface area contributed by atoms with E-state index in [9.17, 15) is 4.79 Å². The maximum absolute atomic E-state index is 11.1. The molecular weight excluding hydrogens is 267 g/mol. The van der Waals surface area contributed by atoms with Crippen molar-refractivity contribution >= 4 is 40.1 Å². The number of amides is 1.